The molecule has 0 radical (unpaired) electrons. The lowest BCUT2D eigenvalue weighted by Gasteiger charge is -2.27. The van der Waals surface area contributed by atoms with E-state index in [4.69, 9.17) is 17.3 Å². The molecule has 0 atom stereocenters. The van der Waals surface area contributed by atoms with E-state index in [1.165, 1.54) is 0 Å². The molecule has 1 aliphatic rings. The minimum atomic E-state index is -0.0716. The number of anilines is 1. The summed E-state index contributed by atoms with van der Waals surface area (Å²) in [5.74, 6) is 0.594. The second-order valence-corrected chi connectivity index (χ2v) is 6.99. The number of fused-ring (bicyclic) bond motifs is 1. The Bertz CT molecular complexity index is 997. The third kappa shape index (κ3) is 3.49. The summed E-state index contributed by atoms with van der Waals surface area (Å²) in [6.07, 6.45) is 0.752. The maximum Gasteiger partial charge on any atom is 0.255 e. The summed E-state index contributed by atoms with van der Waals surface area (Å²) >= 11 is 6.06. The fourth-order valence-corrected chi connectivity index (χ4v) is 3.50. The highest BCUT2D eigenvalue weighted by molar-refractivity contribution is 6.30. The third-order valence-electron chi connectivity index (χ3n) is 4.63. The maximum atomic E-state index is 12.6. The van der Waals surface area contributed by atoms with E-state index in [0.29, 0.717) is 18.1 Å². The van der Waals surface area contributed by atoms with E-state index < -0.39 is 0 Å². The van der Waals surface area contributed by atoms with Gasteiger partial charge < -0.3 is 10.7 Å². The van der Waals surface area contributed by atoms with Gasteiger partial charge >= 0.3 is 0 Å². The lowest BCUT2D eigenvalue weighted by Crippen LogP contribution is -2.35. The first kappa shape index (κ1) is 16.8. The molecular weight excluding hydrogens is 348 g/mol. The predicted molar refractivity (Wildman–Crippen MR) is 104 cm³/mol. The van der Waals surface area contributed by atoms with Crippen molar-refractivity contribution in [2.75, 3.05) is 12.3 Å². The van der Waals surface area contributed by atoms with Crippen LogP contribution in [0.1, 0.15) is 16.8 Å². The molecule has 1 aliphatic heterocycles. The lowest BCUT2D eigenvalue weighted by molar-refractivity contribution is 0.242. The second kappa shape index (κ2) is 6.94. The molecule has 0 saturated heterocycles. The van der Waals surface area contributed by atoms with Crippen molar-refractivity contribution in [3.63, 3.8) is 0 Å². The van der Waals surface area contributed by atoms with Crippen molar-refractivity contribution in [3.8, 4) is 11.4 Å². The molecule has 0 aliphatic carbocycles. The Kier molecular flexibility index (Phi) is 4.49. The molecule has 2 heterocycles. The standard InChI is InChI=1S/C20H19ClN4O/c21-15-3-1-2-13(10-15)11-25-9-8-18-17(12-25)20(26)24-19(23-18)14-4-6-16(22)7-5-14/h1-7,10H,8-9,11-12,22H2,(H,23,24,26). The summed E-state index contributed by atoms with van der Waals surface area (Å²) in [6.45, 7) is 2.21. The number of nitrogens with one attached hydrogen (secondary N) is 1. The van der Waals surface area contributed by atoms with Crippen LogP contribution in [0.4, 0.5) is 5.69 Å². The molecule has 3 aromatic rings. The Morgan fingerprint density at radius 3 is 2.77 bits per heavy atom. The van der Waals surface area contributed by atoms with Gasteiger partial charge in [0, 0.05) is 42.3 Å². The summed E-state index contributed by atoms with van der Waals surface area (Å²) in [5.41, 5.74) is 9.97. The Labute approximate surface area is 156 Å². The average molecular weight is 367 g/mol. The first-order chi connectivity index (χ1) is 12.6. The Morgan fingerprint density at radius 2 is 2.00 bits per heavy atom. The molecular formula is C20H19ClN4O. The van der Waals surface area contributed by atoms with Crippen LogP contribution in [0.3, 0.4) is 0 Å². The molecule has 132 valence electrons. The molecule has 26 heavy (non-hydrogen) atoms. The lowest BCUT2D eigenvalue weighted by atomic mass is 10.1. The van der Waals surface area contributed by atoms with Crippen LogP contribution in [0.2, 0.25) is 5.02 Å². The van der Waals surface area contributed by atoms with Gasteiger partial charge in [-0.2, -0.15) is 0 Å². The van der Waals surface area contributed by atoms with E-state index in [-0.39, 0.29) is 5.56 Å². The van der Waals surface area contributed by atoms with Crippen molar-refractivity contribution in [2.45, 2.75) is 19.5 Å². The molecule has 1 aromatic heterocycles. The van der Waals surface area contributed by atoms with Gasteiger partial charge in [-0.3, -0.25) is 9.69 Å². The number of halogens is 1. The molecule has 0 unspecified atom stereocenters. The third-order valence-corrected chi connectivity index (χ3v) is 4.86. The van der Waals surface area contributed by atoms with Crippen molar-refractivity contribution >= 4 is 17.3 Å². The van der Waals surface area contributed by atoms with Gasteiger partial charge in [-0.25, -0.2) is 4.98 Å². The number of rotatable bonds is 3. The zero-order valence-corrected chi connectivity index (χ0v) is 15.0. The largest absolute Gasteiger partial charge is 0.399 e. The SMILES string of the molecule is Nc1ccc(-c2nc3c(c(=O)[nH]2)CN(Cc2cccc(Cl)c2)CC3)cc1. The van der Waals surface area contributed by atoms with Crippen LogP contribution in [-0.4, -0.2) is 21.4 Å². The van der Waals surface area contributed by atoms with Crippen molar-refractivity contribution < 1.29 is 0 Å². The molecule has 0 spiro atoms. The van der Waals surface area contributed by atoms with Crippen LogP contribution in [-0.2, 0) is 19.5 Å². The predicted octanol–water partition coefficient (Wildman–Crippen LogP) is 3.23. The highest BCUT2D eigenvalue weighted by atomic mass is 35.5. The van der Waals surface area contributed by atoms with Crippen molar-refractivity contribution in [1.82, 2.24) is 14.9 Å². The van der Waals surface area contributed by atoms with Crippen LogP contribution in [0.15, 0.2) is 53.3 Å². The summed E-state index contributed by atoms with van der Waals surface area (Å²) in [7, 11) is 0. The molecule has 6 heteroatoms. The molecule has 0 saturated carbocycles. The summed E-state index contributed by atoms with van der Waals surface area (Å²) < 4.78 is 0. The monoisotopic (exact) mass is 366 g/mol. The van der Waals surface area contributed by atoms with Crippen LogP contribution in [0.5, 0.6) is 0 Å². The fourth-order valence-electron chi connectivity index (χ4n) is 3.29. The number of aromatic amines is 1. The normalized spacial score (nSPS) is 14.2. The van der Waals surface area contributed by atoms with Gasteiger partial charge in [0.05, 0.1) is 11.3 Å². The number of aromatic nitrogens is 2. The van der Waals surface area contributed by atoms with E-state index >= 15 is 0 Å². The number of nitrogen functional groups attached to an aromatic ring is 1. The van der Waals surface area contributed by atoms with E-state index in [2.05, 4.69) is 14.9 Å². The van der Waals surface area contributed by atoms with E-state index in [1.54, 1.807) is 0 Å². The van der Waals surface area contributed by atoms with Crippen LogP contribution < -0.4 is 11.3 Å². The molecule has 2 aromatic carbocycles. The smallest absolute Gasteiger partial charge is 0.255 e. The van der Waals surface area contributed by atoms with E-state index in [1.807, 2.05) is 48.5 Å². The van der Waals surface area contributed by atoms with Crippen LogP contribution in [0.25, 0.3) is 11.4 Å². The van der Waals surface area contributed by atoms with E-state index in [0.717, 1.165) is 46.9 Å². The highest BCUT2D eigenvalue weighted by Crippen LogP contribution is 2.21. The Balaban J connectivity index is 1.58. The number of nitrogens with zero attached hydrogens (tertiary/aromatic N) is 2. The number of nitrogens with two attached hydrogens (primary N) is 1. The Morgan fingerprint density at radius 1 is 1.19 bits per heavy atom. The number of hydrogen-bond donors (Lipinski definition) is 2. The highest BCUT2D eigenvalue weighted by Gasteiger charge is 2.21. The summed E-state index contributed by atoms with van der Waals surface area (Å²) in [4.78, 5) is 22.4. The zero-order valence-electron chi connectivity index (χ0n) is 14.2. The van der Waals surface area contributed by atoms with Gasteiger partial charge in [-0.15, -0.1) is 0 Å². The first-order valence-corrected chi connectivity index (χ1v) is 8.91. The second-order valence-electron chi connectivity index (χ2n) is 6.55. The van der Waals surface area contributed by atoms with Crippen LogP contribution >= 0.6 is 11.6 Å². The van der Waals surface area contributed by atoms with Crippen LogP contribution in [0, 0.1) is 0 Å². The molecule has 0 bridgehead atoms. The minimum Gasteiger partial charge on any atom is -0.399 e. The van der Waals surface area contributed by atoms with E-state index in [9.17, 15) is 4.79 Å². The molecule has 0 amide bonds. The van der Waals surface area contributed by atoms with Gasteiger partial charge in [0.15, 0.2) is 0 Å². The maximum absolute atomic E-state index is 12.6. The molecule has 3 N–H and O–H groups in total. The van der Waals surface area contributed by atoms with Crippen molar-refractivity contribution in [3.05, 3.63) is 80.7 Å². The topological polar surface area (TPSA) is 75.0 Å². The number of hydrogen-bond acceptors (Lipinski definition) is 4. The van der Waals surface area contributed by atoms with Gasteiger partial charge in [-0.05, 0) is 42.0 Å². The molecule has 0 fully saturated rings. The number of benzene rings is 2. The number of H-pyrrole nitrogens is 1. The Hall–Kier alpha value is -2.63. The average Bonchev–Trinajstić information content (AvgIpc) is 2.63. The van der Waals surface area contributed by atoms with Gasteiger partial charge in [0.25, 0.3) is 5.56 Å². The van der Waals surface area contributed by atoms with Gasteiger partial charge in [0.2, 0.25) is 0 Å². The van der Waals surface area contributed by atoms with Crippen molar-refractivity contribution in [2.24, 2.45) is 0 Å². The van der Waals surface area contributed by atoms with Crippen molar-refractivity contribution in [1.29, 1.82) is 0 Å². The fraction of sp³-hybridized carbons (Fsp3) is 0.200. The first-order valence-electron chi connectivity index (χ1n) is 8.53. The summed E-state index contributed by atoms with van der Waals surface area (Å²) in [6, 6.07) is 15.2. The molecule has 4 rings (SSSR count). The minimum absolute atomic E-state index is 0.0716. The quantitative estimate of drug-likeness (QED) is 0.698. The van der Waals surface area contributed by atoms with Gasteiger partial charge in [0.1, 0.15) is 5.82 Å². The van der Waals surface area contributed by atoms with Gasteiger partial charge in [-0.1, -0.05) is 23.7 Å². The molecule has 5 nitrogen and oxygen atoms in total. The summed E-state index contributed by atoms with van der Waals surface area (Å²) in [5, 5.41) is 0.729. The zero-order chi connectivity index (χ0) is 18.1.